The third kappa shape index (κ3) is 3.37. The number of alkyl halides is 3. The van der Waals surface area contributed by atoms with E-state index < -0.39 is 11.9 Å². The van der Waals surface area contributed by atoms with Crippen molar-refractivity contribution in [2.75, 3.05) is 11.9 Å². The summed E-state index contributed by atoms with van der Waals surface area (Å²) in [4.78, 5) is 15.9. The van der Waals surface area contributed by atoms with Crippen LogP contribution in [0.3, 0.4) is 0 Å². The first kappa shape index (κ1) is 18.5. The van der Waals surface area contributed by atoms with E-state index in [4.69, 9.17) is 11.6 Å². The Balaban J connectivity index is 1.47. The van der Waals surface area contributed by atoms with Gasteiger partial charge >= 0.3 is 6.18 Å². The summed E-state index contributed by atoms with van der Waals surface area (Å²) < 4.78 is 40.6. The van der Waals surface area contributed by atoms with Crippen molar-refractivity contribution in [3.63, 3.8) is 0 Å². The Morgan fingerprint density at radius 3 is 2.33 bits per heavy atom. The number of hydrogen-bond donors (Lipinski definition) is 1. The SMILES string of the molecule is Cn1cc(C(F)(F)F)nc1C12CCC(CNc3ncnc(Cl)n3)(CC1)CC2. The number of imidazole rings is 1. The zero-order chi connectivity index (χ0) is 19.3. The van der Waals surface area contributed by atoms with Gasteiger partial charge in [0.05, 0.1) is 0 Å². The minimum atomic E-state index is -4.41. The Morgan fingerprint density at radius 2 is 1.78 bits per heavy atom. The summed E-state index contributed by atoms with van der Waals surface area (Å²) in [6, 6.07) is 0. The van der Waals surface area contributed by atoms with E-state index in [2.05, 4.69) is 25.3 Å². The van der Waals surface area contributed by atoms with Crippen molar-refractivity contribution in [2.45, 2.75) is 50.1 Å². The maximum absolute atomic E-state index is 13.0. The maximum Gasteiger partial charge on any atom is 0.434 e. The number of rotatable bonds is 4. The predicted octanol–water partition coefficient (Wildman–Crippen LogP) is 3.98. The van der Waals surface area contributed by atoms with E-state index in [0.29, 0.717) is 11.8 Å². The number of nitrogens with one attached hydrogen (secondary N) is 1. The molecule has 10 heteroatoms. The molecule has 0 saturated heterocycles. The highest BCUT2D eigenvalue weighted by Crippen LogP contribution is 2.57. The van der Waals surface area contributed by atoms with E-state index >= 15 is 0 Å². The molecule has 5 rings (SSSR count). The van der Waals surface area contributed by atoms with Crippen LogP contribution in [0, 0.1) is 5.41 Å². The lowest BCUT2D eigenvalue weighted by Crippen LogP contribution is -2.48. The lowest BCUT2D eigenvalue weighted by molar-refractivity contribution is -0.141. The maximum atomic E-state index is 13.0. The van der Waals surface area contributed by atoms with Gasteiger partial charge < -0.3 is 9.88 Å². The van der Waals surface area contributed by atoms with Crippen LogP contribution in [0.2, 0.25) is 5.28 Å². The van der Waals surface area contributed by atoms with Crippen molar-refractivity contribution < 1.29 is 13.2 Å². The van der Waals surface area contributed by atoms with Gasteiger partial charge in [0, 0.05) is 25.2 Å². The van der Waals surface area contributed by atoms with Crippen LogP contribution >= 0.6 is 11.6 Å². The lowest BCUT2D eigenvalue weighted by Gasteiger charge is -2.53. The van der Waals surface area contributed by atoms with Gasteiger partial charge in [-0.25, -0.2) is 15.0 Å². The molecular weight excluding hydrogens is 381 g/mol. The van der Waals surface area contributed by atoms with Gasteiger partial charge in [0.15, 0.2) is 5.69 Å². The molecule has 2 heterocycles. The second kappa shape index (κ2) is 6.32. The number of anilines is 1. The van der Waals surface area contributed by atoms with E-state index in [1.807, 2.05) is 0 Å². The Kier molecular flexibility index (Phi) is 4.32. The molecule has 2 bridgehead atoms. The van der Waals surface area contributed by atoms with Crippen LogP contribution in [0.25, 0.3) is 0 Å². The first-order chi connectivity index (χ1) is 12.7. The van der Waals surface area contributed by atoms with E-state index in [9.17, 15) is 13.2 Å². The van der Waals surface area contributed by atoms with Crippen molar-refractivity contribution in [2.24, 2.45) is 12.5 Å². The molecule has 3 aliphatic rings. The van der Waals surface area contributed by atoms with Gasteiger partial charge in [0.25, 0.3) is 0 Å². The summed E-state index contributed by atoms with van der Waals surface area (Å²) >= 11 is 5.79. The van der Waals surface area contributed by atoms with Gasteiger partial charge in [-0.3, -0.25) is 0 Å². The molecule has 0 atom stereocenters. The molecule has 146 valence electrons. The average Bonchev–Trinajstić information content (AvgIpc) is 3.05. The number of hydrogen-bond acceptors (Lipinski definition) is 5. The summed E-state index contributed by atoms with van der Waals surface area (Å²) in [5.41, 5.74) is -0.944. The normalized spacial score (nSPS) is 27.7. The van der Waals surface area contributed by atoms with Gasteiger partial charge in [0.2, 0.25) is 11.2 Å². The molecule has 0 amide bonds. The molecule has 0 spiro atoms. The Hall–Kier alpha value is -1.90. The molecular formula is C17H20ClF3N6. The van der Waals surface area contributed by atoms with Crippen LogP contribution in [0.1, 0.15) is 50.0 Å². The smallest absolute Gasteiger partial charge is 0.354 e. The predicted molar refractivity (Wildman–Crippen MR) is 93.3 cm³/mol. The second-order valence-electron chi connectivity index (χ2n) is 7.77. The topological polar surface area (TPSA) is 68.5 Å². The molecule has 0 aliphatic heterocycles. The fourth-order valence-corrected chi connectivity index (χ4v) is 4.71. The van der Waals surface area contributed by atoms with Gasteiger partial charge in [-0.15, -0.1) is 0 Å². The molecule has 6 nitrogen and oxygen atoms in total. The van der Waals surface area contributed by atoms with Gasteiger partial charge in [-0.05, 0) is 55.5 Å². The molecule has 2 aromatic heterocycles. The third-order valence-corrected chi connectivity index (χ3v) is 6.39. The van der Waals surface area contributed by atoms with Crippen LogP contribution in [-0.2, 0) is 18.6 Å². The van der Waals surface area contributed by atoms with Crippen molar-refractivity contribution in [3.8, 4) is 0 Å². The number of fused-ring (bicyclic) bond motifs is 3. The van der Waals surface area contributed by atoms with E-state index in [1.54, 1.807) is 11.6 Å². The first-order valence-corrected chi connectivity index (χ1v) is 9.29. The van der Waals surface area contributed by atoms with Crippen LogP contribution in [-0.4, -0.2) is 31.0 Å². The standard InChI is InChI=1S/C17H20ClF3N6/c1-27-8-11(17(19,20)21)25-12(27)16-5-2-15(3-6-16,4-7-16)9-22-14-24-10-23-13(18)26-14/h8,10H,2-7,9H2,1H3,(H,22,23,24,26). The van der Waals surface area contributed by atoms with Crippen LogP contribution in [0.15, 0.2) is 12.5 Å². The highest BCUT2D eigenvalue weighted by Gasteiger charge is 2.51. The van der Waals surface area contributed by atoms with Crippen molar-refractivity contribution in [1.29, 1.82) is 0 Å². The number of aromatic nitrogens is 5. The quantitative estimate of drug-likeness (QED) is 0.840. The molecule has 0 unspecified atom stereocenters. The summed E-state index contributed by atoms with van der Waals surface area (Å²) in [7, 11) is 1.66. The van der Waals surface area contributed by atoms with Crippen molar-refractivity contribution in [3.05, 3.63) is 29.3 Å². The van der Waals surface area contributed by atoms with E-state index in [-0.39, 0.29) is 16.1 Å². The number of aryl methyl sites for hydroxylation is 1. The lowest BCUT2D eigenvalue weighted by atomic mass is 9.53. The second-order valence-corrected chi connectivity index (χ2v) is 8.11. The minimum absolute atomic E-state index is 0.110. The molecule has 3 saturated carbocycles. The number of nitrogens with zero attached hydrogens (tertiary/aromatic N) is 5. The monoisotopic (exact) mass is 400 g/mol. The summed E-state index contributed by atoms with van der Waals surface area (Å²) in [5.74, 6) is 1.02. The molecule has 3 fully saturated rings. The minimum Gasteiger partial charge on any atom is -0.354 e. The Bertz CT molecular complexity index is 825. The van der Waals surface area contributed by atoms with Crippen molar-refractivity contribution in [1.82, 2.24) is 24.5 Å². The molecule has 1 N–H and O–H groups in total. The molecule has 0 radical (unpaired) electrons. The van der Waals surface area contributed by atoms with Crippen molar-refractivity contribution >= 4 is 17.5 Å². The zero-order valence-corrected chi connectivity index (χ0v) is 15.6. The van der Waals surface area contributed by atoms with Gasteiger partial charge in [-0.1, -0.05) is 0 Å². The molecule has 3 aliphatic carbocycles. The molecule has 27 heavy (non-hydrogen) atoms. The van der Waals surface area contributed by atoms with E-state index in [1.165, 1.54) is 6.33 Å². The van der Waals surface area contributed by atoms with Crippen LogP contribution < -0.4 is 5.32 Å². The summed E-state index contributed by atoms with van der Waals surface area (Å²) in [5, 5.41) is 3.39. The Labute approximate surface area is 159 Å². The highest BCUT2D eigenvalue weighted by atomic mass is 35.5. The highest BCUT2D eigenvalue weighted by molar-refractivity contribution is 6.28. The van der Waals surface area contributed by atoms with Gasteiger partial charge in [0.1, 0.15) is 12.2 Å². The molecule has 2 aromatic rings. The zero-order valence-electron chi connectivity index (χ0n) is 14.9. The Morgan fingerprint density at radius 1 is 1.11 bits per heavy atom. The van der Waals surface area contributed by atoms with Crippen LogP contribution in [0.5, 0.6) is 0 Å². The summed E-state index contributed by atoms with van der Waals surface area (Å²) in [6.45, 7) is 0.720. The largest absolute Gasteiger partial charge is 0.434 e. The fraction of sp³-hybridized carbons (Fsp3) is 0.647. The fourth-order valence-electron chi connectivity index (χ4n) is 4.59. The average molecular weight is 401 g/mol. The first-order valence-electron chi connectivity index (χ1n) is 8.91. The molecule has 0 aromatic carbocycles. The van der Waals surface area contributed by atoms with Crippen LogP contribution in [0.4, 0.5) is 19.1 Å². The van der Waals surface area contributed by atoms with Gasteiger partial charge in [-0.2, -0.15) is 18.2 Å². The number of halogens is 4. The summed E-state index contributed by atoms with van der Waals surface area (Å²) in [6.07, 6.45) is 3.40. The van der Waals surface area contributed by atoms with E-state index in [0.717, 1.165) is 51.3 Å². The third-order valence-electron chi connectivity index (χ3n) is 6.21.